The number of nitrogens with zero attached hydrogens (tertiary/aromatic N) is 2. The highest BCUT2D eigenvalue weighted by Gasteiger charge is 2.18. The van der Waals surface area contributed by atoms with Crippen LogP contribution in [0.15, 0.2) is 22.7 Å². The van der Waals surface area contributed by atoms with Crippen molar-refractivity contribution in [3.63, 3.8) is 0 Å². The Morgan fingerprint density at radius 2 is 2.25 bits per heavy atom. The molecule has 0 saturated carbocycles. The number of hydrogen-bond donors (Lipinski definition) is 0. The molecule has 0 radical (unpaired) electrons. The third-order valence-corrected chi connectivity index (χ3v) is 3.30. The fourth-order valence-corrected chi connectivity index (χ4v) is 2.51. The smallest absolute Gasteiger partial charge is 0.152 e. The molecule has 1 aromatic carbocycles. The topological polar surface area (TPSA) is 44.1 Å². The van der Waals surface area contributed by atoms with Crippen LogP contribution in [0.1, 0.15) is 18.4 Å². The maximum absolute atomic E-state index is 11.4. The summed E-state index contributed by atoms with van der Waals surface area (Å²) in [4.78, 5) is 13.4. The first-order valence-corrected chi connectivity index (χ1v) is 5.96. The summed E-state index contributed by atoms with van der Waals surface area (Å²) < 4.78 is 0.876. The molecule has 16 heavy (non-hydrogen) atoms. The van der Waals surface area contributed by atoms with Gasteiger partial charge in [0.05, 0.1) is 23.9 Å². The highest BCUT2D eigenvalue weighted by Crippen LogP contribution is 2.28. The average Bonchev–Trinajstić information content (AvgIpc) is 2.28. The van der Waals surface area contributed by atoms with Gasteiger partial charge in [0.2, 0.25) is 0 Å². The molecule has 0 atom stereocenters. The fourth-order valence-electron chi connectivity index (χ4n) is 1.88. The van der Waals surface area contributed by atoms with E-state index in [2.05, 4.69) is 26.9 Å². The molecule has 1 heterocycles. The zero-order chi connectivity index (χ0) is 11.5. The summed E-state index contributed by atoms with van der Waals surface area (Å²) in [7, 11) is 0. The molecule has 0 unspecified atom stereocenters. The summed E-state index contributed by atoms with van der Waals surface area (Å²) in [5.74, 6) is 0.280. The van der Waals surface area contributed by atoms with Gasteiger partial charge in [-0.3, -0.25) is 4.79 Å². The Hall–Kier alpha value is -1.34. The summed E-state index contributed by atoms with van der Waals surface area (Å²) in [5, 5.41) is 8.77. The Balaban J connectivity index is 2.27. The lowest BCUT2D eigenvalue weighted by atomic mass is 10.1. The third kappa shape index (κ3) is 2.25. The lowest BCUT2D eigenvalue weighted by Crippen LogP contribution is -2.35. The number of Topliss-reactive ketones (excluding diaryl/α,β-unsaturated/α-hetero) is 1. The standard InChI is InChI=1S/C12H11BrN2O/c13-11-6-9(7-14)3-4-12(11)15-5-1-2-10(16)8-15/h3-4,6H,1-2,5,8H2. The Labute approximate surface area is 103 Å². The molecular formula is C12H11BrN2O. The third-order valence-electron chi connectivity index (χ3n) is 2.67. The van der Waals surface area contributed by atoms with Crippen molar-refractivity contribution in [1.82, 2.24) is 0 Å². The molecule has 0 N–H and O–H groups in total. The van der Waals surface area contributed by atoms with Crippen molar-refractivity contribution in [2.24, 2.45) is 0 Å². The average molecular weight is 279 g/mol. The molecule has 0 aliphatic carbocycles. The first kappa shape index (κ1) is 11.2. The Kier molecular flexibility index (Phi) is 3.25. The molecular weight excluding hydrogens is 268 g/mol. The number of piperidine rings is 1. The Morgan fingerprint density at radius 3 is 2.88 bits per heavy atom. The van der Waals surface area contributed by atoms with Crippen LogP contribution in [-0.4, -0.2) is 18.9 Å². The predicted octanol–water partition coefficient (Wildman–Crippen LogP) is 2.49. The molecule has 1 aromatic rings. The van der Waals surface area contributed by atoms with E-state index in [1.165, 1.54) is 0 Å². The number of ketones is 1. The maximum Gasteiger partial charge on any atom is 0.152 e. The highest BCUT2D eigenvalue weighted by molar-refractivity contribution is 9.10. The van der Waals surface area contributed by atoms with E-state index in [1.807, 2.05) is 6.07 Å². The van der Waals surface area contributed by atoms with Crippen LogP contribution in [0.4, 0.5) is 5.69 Å². The summed E-state index contributed by atoms with van der Waals surface area (Å²) >= 11 is 3.44. The van der Waals surface area contributed by atoms with Crippen molar-refractivity contribution >= 4 is 27.4 Å². The van der Waals surface area contributed by atoms with Crippen molar-refractivity contribution in [2.75, 3.05) is 18.0 Å². The van der Waals surface area contributed by atoms with Gasteiger partial charge in [0.15, 0.2) is 5.78 Å². The summed E-state index contributed by atoms with van der Waals surface area (Å²) in [6, 6.07) is 7.54. The van der Waals surface area contributed by atoms with E-state index in [9.17, 15) is 4.79 Å². The Morgan fingerprint density at radius 1 is 1.44 bits per heavy atom. The second-order valence-electron chi connectivity index (χ2n) is 3.84. The molecule has 0 bridgehead atoms. The van der Waals surface area contributed by atoms with E-state index >= 15 is 0 Å². The van der Waals surface area contributed by atoms with Crippen molar-refractivity contribution in [3.05, 3.63) is 28.2 Å². The lowest BCUT2D eigenvalue weighted by Gasteiger charge is -2.28. The van der Waals surface area contributed by atoms with Gasteiger partial charge in [0.1, 0.15) is 0 Å². The molecule has 0 amide bonds. The van der Waals surface area contributed by atoms with E-state index in [1.54, 1.807) is 12.1 Å². The first-order chi connectivity index (χ1) is 7.70. The van der Waals surface area contributed by atoms with Crippen LogP contribution in [0.2, 0.25) is 0 Å². The first-order valence-electron chi connectivity index (χ1n) is 5.17. The molecule has 4 heteroatoms. The van der Waals surface area contributed by atoms with E-state index in [0.29, 0.717) is 18.5 Å². The number of carbonyl (C=O) groups is 1. The fraction of sp³-hybridized carbons (Fsp3) is 0.333. The van der Waals surface area contributed by atoms with E-state index in [0.717, 1.165) is 23.1 Å². The van der Waals surface area contributed by atoms with Gasteiger partial charge in [0, 0.05) is 17.4 Å². The number of carbonyl (C=O) groups excluding carboxylic acids is 1. The number of hydrogen-bond acceptors (Lipinski definition) is 3. The minimum atomic E-state index is 0.280. The predicted molar refractivity (Wildman–Crippen MR) is 65.3 cm³/mol. The van der Waals surface area contributed by atoms with Gasteiger partial charge in [-0.2, -0.15) is 5.26 Å². The zero-order valence-electron chi connectivity index (χ0n) is 8.74. The van der Waals surface area contributed by atoms with Gasteiger partial charge >= 0.3 is 0 Å². The van der Waals surface area contributed by atoms with Crippen LogP contribution in [-0.2, 0) is 4.79 Å². The van der Waals surface area contributed by atoms with Crippen molar-refractivity contribution in [2.45, 2.75) is 12.8 Å². The molecule has 1 aliphatic heterocycles. The molecule has 0 aromatic heterocycles. The van der Waals surface area contributed by atoms with Crippen molar-refractivity contribution < 1.29 is 4.79 Å². The van der Waals surface area contributed by atoms with Crippen LogP contribution in [0.3, 0.4) is 0 Å². The van der Waals surface area contributed by atoms with E-state index in [-0.39, 0.29) is 5.78 Å². The van der Waals surface area contributed by atoms with Crippen molar-refractivity contribution in [1.29, 1.82) is 5.26 Å². The number of rotatable bonds is 1. The molecule has 1 saturated heterocycles. The minimum Gasteiger partial charge on any atom is -0.363 e. The van der Waals surface area contributed by atoms with Crippen molar-refractivity contribution in [3.8, 4) is 6.07 Å². The largest absolute Gasteiger partial charge is 0.363 e. The van der Waals surface area contributed by atoms with Crippen LogP contribution < -0.4 is 4.90 Å². The number of halogens is 1. The minimum absolute atomic E-state index is 0.280. The number of nitriles is 1. The van der Waals surface area contributed by atoms with Crippen LogP contribution >= 0.6 is 15.9 Å². The lowest BCUT2D eigenvalue weighted by molar-refractivity contribution is -0.118. The van der Waals surface area contributed by atoms with Crippen LogP contribution in [0.5, 0.6) is 0 Å². The summed E-state index contributed by atoms with van der Waals surface area (Å²) in [6.45, 7) is 1.38. The van der Waals surface area contributed by atoms with Gasteiger partial charge in [-0.15, -0.1) is 0 Å². The normalized spacial score (nSPS) is 16.0. The van der Waals surface area contributed by atoms with Gasteiger partial charge in [0.25, 0.3) is 0 Å². The molecule has 2 rings (SSSR count). The van der Waals surface area contributed by atoms with E-state index < -0.39 is 0 Å². The summed E-state index contributed by atoms with van der Waals surface area (Å²) in [6.07, 6.45) is 1.59. The quantitative estimate of drug-likeness (QED) is 0.793. The highest BCUT2D eigenvalue weighted by atomic mass is 79.9. The number of benzene rings is 1. The maximum atomic E-state index is 11.4. The second kappa shape index (κ2) is 4.67. The molecule has 1 aliphatic rings. The van der Waals surface area contributed by atoms with E-state index in [4.69, 9.17) is 5.26 Å². The van der Waals surface area contributed by atoms with Gasteiger partial charge in [-0.1, -0.05) is 0 Å². The second-order valence-corrected chi connectivity index (χ2v) is 4.70. The summed E-state index contributed by atoms with van der Waals surface area (Å²) in [5.41, 5.74) is 1.62. The molecule has 1 fully saturated rings. The monoisotopic (exact) mass is 278 g/mol. The zero-order valence-corrected chi connectivity index (χ0v) is 10.3. The molecule has 3 nitrogen and oxygen atoms in total. The molecule has 0 spiro atoms. The van der Waals surface area contributed by atoms with Gasteiger partial charge in [-0.25, -0.2) is 0 Å². The van der Waals surface area contributed by atoms with Gasteiger partial charge in [-0.05, 0) is 40.5 Å². The van der Waals surface area contributed by atoms with Gasteiger partial charge < -0.3 is 4.90 Å². The molecule has 82 valence electrons. The Bertz CT molecular complexity index is 465. The number of anilines is 1. The van der Waals surface area contributed by atoms with Crippen LogP contribution in [0.25, 0.3) is 0 Å². The SMILES string of the molecule is N#Cc1ccc(N2CCCC(=O)C2)c(Br)c1. The van der Waals surface area contributed by atoms with Crippen LogP contribution in [0, 0.1) is 11.3 Å².